The second kappa shape index (κ2) is 7.24. The van der Waals surface area contributed by atoms with E-state index < -0.39 is 16.0 Å². The van der Waals surface area contributed by atoms with Gasteiger partial charge in [-0.3, -0.25) is 4.79 Å². The SMILES string of the molecule is CCN(CC)S(=O)(=O)CCC1CCC(C(=O)O)CC1. The Morgan fingerprint density at radius 1 is 1.16 bits per heavy atom. The molecule has 0 unspecified atom stereocenters. The Hall–Kier alpha value is -0.620. The van der Waals surface area contributed by atoms with Gasteiger partial charge in [-0.15, -0.1) is 0 Å². The van der Waals surface area contributed by atoms with Crippen molar-refractivity contribution >= 4 is 16.0 Å². The van der Waals surface area contributed by atoms with Gasteiger partial charge in [-0.25, -0.2) is 12.7 Å². The lowest BCUT2D eigenvalue weighted by Crippen LogP contribution is -2.33. The first-order valence-electron chi connectivity index (χ1n) is 7.11. The van der Waals surface area contributed by atoms with Crippen LogP contribution in [0.5, 0.6) is 0 Å². The van der Waals surface area contributed by atoms with Crippen molar-refractivity contribution in [3.8, 4) is 0 Å². The van der Waals surface area contributed by atoms with Crippen LogP contribution in [0.4, 0.5) is 0 Å². The molecule has 112 valence electrons. The first-order chi connectivity index (χ1) is 8.90. The molecule has 0 aromatic carbocycles. The number of aliphatic carboxylic acids is 1. The maximum absolute atomic E-state index is 12.0. The number of hydrogen-bond acceptors (Lipinski definition) is 3. The van der Waals surface area contributed by atoms with Crippen LogP contribution >= 0.6 is 0 Å². The van der Waals surface area contributed by atoms with Gasteiger partial charge in [0.1, 0.15) is 0 Å². The predicted molar refractivity (Wildman–Crippen MR) is 74.4 cm³/mol. The number of carboxylic acid groups (broad SMARTS) is 1. The number of rotatable bonds is 7. The van der Waals surface area contributed by atoms with Crippen molar-refractivity contribution in [1.82, 2.24) is 4.31 Å². The van der Waals surface area contributed by atoms with Crippen LogP contribution in [-0.2, 0) is 14.8 Å². The van der Waals surface area contributed by atoms with Gasteiger partial charge in [-0.05, 0) is 38.0 Å². The second-order valence-corrected chi connectivity index (χ2v) is 7.33. The summed E-state index contributed by atoms with van der Waals surface area (Å²) in [6.45, 7) is 4.73. The van der Waals surface area contributed by atoms with Gasteiger partial charge in [-0.2, -0.15) is 0 Å². The van der Waals surface area contributed by atoms with E-state index in [4.69, 9.17) is 5.11 Å². The zero-order valence-electron chi connectivity index (χ0n) is 11.8. The van der Waals surface area contributed by atoms with Crippen molar-refractivity contribution in [2.45, 2.75) is 46.0 Å². The van der Waals surface area contributed by atoms with Crippen molar-refractivity contribution in [3.05, 3.63) is 0 Å². The summed E-state index contributed by atoms with van der Waals surface area (Å²) in [4.78, 5) is 10.8. The van der Waals surface area contributed by atoms with E-state index in [1.54, 1.807) is 0 Å². The van der Waals surface area contributed by atoms with Gasteiger partial charge >= 0.3 is 5.97 Å². The van der Waals surface area contributed by atoms with E-state index in [1.807, 2.05) is 13.8 Å². The van der Waals surface area contributed by atoms with E-state index in [-0.39, 0.29) is 11.7 Å². The van der Waals surface area contributed by atoms with Gasteiger partial charge < -0.3 is 5.11 Å². The Kier molecular flexibility index (Phi) is 6.26. The summed E-state index contributed by atoms with van der Waals surface area (Å²) >= 11 is 0. The molecule has 0 radical (unpaired) electrons. The smallest absolute Gasteiger partial charge is 0.306 e. The summed E-state index contributed by atoms with van der Waals surface area (Å²) in [5.41, 5.74) is 0. The number of hydrogen-bond donors (Lipinski definition) is 1. The highest BCUT2D eigenvalue weighted by Crippen LogP contribution is 2.31. The standard InChI is InChI=1S/C13H25NO4S/c1-3-14(4-2)19(17,18)10-9-11-5-7-12(8-6-11)13(15)16/h11-12H,3-10H2,1-2H3,(H,15,16). The number of sulfonamides is 1. The quantitative estimate of drug-likeness (QED) is 0.778. The maximum Gasteiger partial charge on any atom is 0.306 e. The number of nitrogens with zero attached hydrogens (tertiary/aromatic N) is 1. The zero-order chi connectivity index (χ0) is 14.5. The van der Waals surface area contributed by atoms with Gasteiger partial charge in [0.05, 0.1) is 11.7 Å². The molecule has 1 N–H and O–H groups in total. The van der Waals surface area contributed by atoms with E-state index in [0.717, 1.165) is 12.8 Å². The topological polar surface area (TPSA) is 74.7 Å². The molecule has 1 fully saturated rings. The van der Waals surface area contributed by atoms with E-state index >= 15 is 0 Å². The minimum atomic E-state index is -3.13. The minimum absolute atomic E-state index is 0.192. The molecular formula is C13H25NO4S. The fraction of sp³-hybridized carbons (Fsp3) is 0.923. The Labute approximate surface area is 116 Å². The van der Waals surface area contributed by atoms with Crippen molar-refractivity contribution in [2.24, 2.45) is 11.8 Å². The van der Waals surface area contributed by atoms with Crippen molar-refractivity contribution < 1.29 is 18.3 Å². The number of carbonyl (C=O) groups is 1. The van der Waals surface area contributed by atoms with Crippen molar-refractivity contribution in [3.63, 3.8) is 0 Å². The molecule has 19 heavy (non-hydrogen) atoms. The lowest BCUT2D eigenvalue weighted by molar-refractivity contribution is -0.143. The summed E-state index contributed by atoms with van der Waals surface area (Å²) < 4.78 is 25.6. The van der Waals surface area contributed by atoms with Crippen LogP contribution in [0, 0.1) is 11.8 Å². The van der Waals surface area contributed by atoms with Crippen LogP contribution in [0.2, 0.25) is 0 Å². The molecule has 0 atom stereocenters. The molecule has 0 heterocycles. The lowest BCUT2D eigenvalue weighted by Gasteiger charge is -2.27. The monoisotopic (exact) mass is 291 g/mol. The van der Waals surface area contributed by atoms with Crippen molar-refractivity contribution in [1.29, 1.82) is 0 Å². The molecule has 1 aliphatic carbocycles. The molecule has 1 saturated carbocycles. The van der Waals surface area contributed by atoms with Crippen LogP contribution in [0.15, 0.2) is 0 Å². The zero-order valence-corrected chi connectivity index (χ0v) is 12.7. The molecule has 0 amide bonds. The van der Waals surface area contributed by atoms with E-state index in [2.05, 4.69) is 0 Å². The third kappa shape index (κ3) is 4.76. The normalized spacial score (nSPS) is 24.6. The van der Waals surface area contributed by atoms with Gasteiger partial charge in [0, 0.05) is 13.1 Å². The average molecular weight is 291 g/mol. The molecular weight excluding hydrogens is 266 g/mol. The van der Waals surface area contributed by atoms with Gasteiger partial charge in [0.15, 0.2) is 0 Å². The van der Waals surface area contributed by atoms with E-state index in [1.165, 1.54) is 4.31 Å². The molecule has 0 aliphatic heterocycles. The third-order valence-electron chi connectivity index (χ3n) is 4.08. The molecule has 5 nitrogen and oxygen atoms in total. The molecule has 1 rings (SSSR count). The Morgan fingerprint density at radius 2 is 1.68 bits per heavy atom. The minimum Gasteiger partial charge on any atom is -0.481 e. The summed E-state index contributed by atoms with van der Waals surface area (Å²) in [6, 6.07) is 0. The summed E-state index contributed by atoms with van der Waals surface area (Å²) in [6.07, 6.45) is 3.71. The third-order valence-corrected chi connectivity index (χ3v) is 6.13. The molecule has 6 heteroatoms. The Bertz CT molecular complexity index is 381. The van der Waals surface area contributed by atoms with Crippen LogP contribution in [0.1, 0.15) is 46.0 Å². The Balaban J connectivity index is 2.40. The Morgan fingerprint density at radius 3 is 2.11 bits per heavy atom. The van der Waals surface area contributed by atoms with Crippen LogP contribution in [-0.4, -0.2) is 42.6 Å². The second-order valence-electron chi connectivity index (χ2n) is 5.24. The molecule has 1 aliphatic rings. The van der Waals surface area contributed by atoms with Crippen LogP contribution in [0.25, 0.3) is 0 Å². The first-order valence-corrected chi connectivity index (χ1v) is 8.72. The lowest BCUT2D eigenvalue weighted by atomic mass is 9.81. The highest BCUT2D eigenvalue weighted by atomic mass is 32.2. The largest absolute Gasteiger partial charge is 0.481 e. The highest BCUT2D eigenvalue weighted by molar-refractivity contribution is 7.89. The summed E-state index contributed by atoms with van der Waals surface area (Å²) in [5, 5.41) is 8.92. The van der Waals surface area contributed by atoms with Gasteiger partial charge in [0.2, 0.25) is 10.0 Å². The average Bonchev–Trinajstić information content (AvgIpc) is 2.38. The summed E-state index contributed by atoms with van der Waals surface area (Å²) in [5.74, 6) is -0.386. The predicted octanol–water partition coefficient (Wildman–Crippen LogP) is 1.94. The molecule has 0 bridgehead atoms. The van der Waals surface area contributed by atoms with E-state index in [0.29, 0.717) is 38.3 Å². The molecule has 0 aromatic rings. The van der Waals surface area contributed by atoms with E-state index in [9.17, 15) is 13.2 Å². The first kappa shape index (κ1) is 16.4. The van der Waals surface area contributed by atoms with Gasteiger partial charge in [-0.1, -0.05) is 13.8 Å². The van der Waals surface area contributed by atoms with Gasteiger partial charge in [0.25, 0.3) is 0 Å². The molecule has 0 saturated heterocycles. The maximum atomic E-state index is 12.0. The summed E-state index contributed by atoms with van der Waals surface area (Å²) in [7, 11) is -3.13. The number of carboxylic acids is 1. The molecule has 0 aromatic heterocycles. The molecule has 0 spiro atoms. The highest BCUT2D eigenvalue weighted by Gasteiger charge is 2.27. The fourth-order valence-electron chi connectivity index (χ4n) is 2.76. The van der Waals surface area contributed by atoms with Crippen molar-refractivity contribution in [2.75, 3.05) is 18.8 Å². The van der Waals surface area contributed by atoms with Crippen LogP contribution < -0.4 is 0 Å². The van der Waals surface area contributed by atoms with Crippen LogP contribution in [0.3, 0.4) is 0 Å². The fourth-order valence-corrected chi connectivity index (χ4v) is 4.44.